The average molecular weight is 308 g/mol. The maximum atomic E-state index is 11.6. The molecule has 0 aliphatic rings. The molecular weight excluding hydrogens is 297 g/mol. The highest BCUT2D eigenvalue weighted by atomic mass is 35.5. The van der Waals surface area contributed by atoms with Crippen LogP contribution in [0, 0.1) is 0 Å². The van der Waals surface area contributed by atoms with E-state index in [1.165, 1.54) is 6.92 Å². The quantitative estimate of drug-likeness (QED) is 0.877. The molecule has 0 spiro atoms. The fourth-order valence-electron chi connectivity index (χ4n) is 1.06. The van der Waals surface area contributed by atoms with Crippen molar-refractivity contribution in [2.24, 2.45) is 0 Å². The molecule has 2 N–H and O–H groups in total. The van der Waals surface area contributed by atoms with Crippen LogP contribution in [-0.2, 0) is 9.59 Å². The van der Waals surface area contributed by atoms with Crippen molar-refractivity contribution >= 4 is 52.5 Å². The largest absolute Gasteiger partial charge is 0.480 e. The molecule has 0 radical (unpaired) electrons. The van der Waals surface area contributed by atoms with Gasteiger partial charge < -0.3 is 10.4 Å². The zero-order valence-electron chi connectivity index (χ0n) is 9.44. The van der Waals surface area contributed by atoms with Gasteiger partial charge in [-0.25, -0.2) is 0 Å². The van der Waals surface area contributed by atoms with Crippen molar-refractivity contribution in [3.8, 4) is 0 Å². The predicted octanol–water partition coefficient (Wildman–Crippen LogP) is 3.14. The van der Waals surface area contributed by atoms with E-state index in [9.17, 15) is 9.59 Å². The summed E-state index contributed by atoms with van der Waals surface area (Å²) in [4.78, 5) is 22.2. The number of anilines is 1. The van der Waals surface area contributed by atoms with Crippen molar-refractivity contribution in [3.63, 3.8) is 0 Å². The molecule has 1 unspecified atom stereocenters. The number of hydrogen-bond acceptors (Lipinski definition) is 3. The number of carbonyl (C=O) groups excluding carboxylic acids is 1. The summed E-state index contributed by atoms with van der Waals surface area (Å²) in [5.41, 5.74) is 0.415. The van der Waals surface area contributed by atoms with Gasteiger partial charge in [0.2, 0.25) is 5.91 Å². The van der Waals surface area contributed by atoms with Crippen LogP contribution in [0.2, 0.25) is 10.0 Å². The standard InChI is InChI=1S/C11H11Cl2NO3S/c1-6(11(16)17)18-5-9(15)14-8-4-2-3-7(12)10(8)13/h2-4,6H,5H2,1H3,(H,14,15)(H,16,17). The summed E-state index contributed by atoms with van der Waals surface area (Å²) in [6.45, 7) is 1.52. The molecule has 0 bridgehead atoms. The lowest BCUT2D eigenvalue weighted by Crippen LogP contribution is -2.19. The van der Waals surface area contributed by atoms with Gasteiger partial charge in [0.05, 0.1) is 26.7 Å². The first-order valence-electron chi connectivity index (χ1n) is 5.00. The van der Waals surface area contributed by atoms with Crippen LogP contribution in [0.4, 0.5) is 5.69 Å². The van der Waals surface area contributed by atoms with E-state index in [1.54, 1.807) is 18.2 Å². The van der Waals surface area contributed by atoms with Gasteiger partial charge in [-0.2, -0.15) is 0 Å². The SMILES string of the molecule is CC(SCC(=O)Nc1cccc(Cl)c1Cl)C(=O)O. The highest BCUT2D eigenvalue weighted by Crippen LogP contribution is 2.29. The van der Waals surface area contributed by atoms with Crippen LogP contribution in [0.25, 0.3) is 0 Å². The second-order valence-corrected chi connectivity index (χ2v) is 5.56. The first-order chi connectivity index (χ1) is 8.41. The van der Waals surface area contributed by atoms with Crippen molar-refractivity contribution in [2.75, 3.05) is 11.1 Å². The number of nitrogens with one attached hydrogen (secondary N) is 1. The van der Waals surface area contributed by atoms with E-state index in [2.05, 4.69) is 5.32 Å². The third-order valence-electron chi connectivity index (χ3n) is 2.04. The first kappa shape index (κ1) is 15.1. The molecule has 1 aromatic carbocycles. The number of halogens is 2. The molecule has 1 atom stereocenters. The van der Waals surface area contributed by atoms with E-state index >= 15 is 0 Å². The monoisotopic (exact) mass is 307 g/mol. The maximum absolute atomic E-state index is 11.6. The fraction of sp³-hybridized carbons (Fsp3) is 0.273. The van der Waals surface area contributed by atoms with Gasteiger partial charge in [0.25, 0.3) is 0 Å². The molecule has 0 heterocycles. The third-order valence-corrected chi connectivity index (χ3v) is 3.99. The van der Waals surface area contributed by atoms with E-state index in [4.69, 9.17) is 28.3 Å². The molecule has 4 nitrogen and oxygen atoms in total. The summed E-state index contributed by atoms with van der Waals surface area (Å²) in [5, 5.41) is 11.2. The highest BCUT2D eigenvalue weighted by molar-refractivity contribution is 8.01. The second kappa shape index (κ2) is 6.87. The van der Waals surface area contributed by atoms with Crippen LogP contribution in [0.3, 0.4) is 0 Å². The van der Waals surface area contributed by atoms with Crippen molar-refractivity contribution < 1.29 is 14.7 Å². The van der Waals surface area contributed by atoms with E-state index in [0.717, 1.165) is 11.8 Å². The molecule has 98 valence electrons. The van der Waals surface area contributed by atoms with Crippen LogP contribution in [0.5, 0.6) is 0 Å². The Bertz CT molecular complexity index is 468. The minimum Gasteiger partial charge on any atom is -0.480 e. The molecule has 0 saturated heterocycles. The first-order valence-corrected chi connectivity index (χ1v) is 6.80. The Morgan fingerprint density at radius 2 is 2.11 bits per heavy atom. The molecule has 0 aliphatic carbocycles. The molecule has 1 rings (SSSR count). The topological polar surface area (TPSA) is 66.4 Å². The summed E-state index contributed by atoms with van der Waals surface area (Å²) < 4.78 is 0. The molecule has 18 heavy (non-hydrogen) atoms. The Morgan fingerprint density at radius 3 is 2.72 bits per heavy atom. The van der Waals surface area contributed by atoms with Crippen LogP contribution >= 0.6 is 35.0 Å². The average Bonchev–Trinajstić information content (AvgIpc) is 2.32. The predicted molar refractivity (Wildman–Crippen MR) is 74.6 cm³/mol. The summed E-state index contributed by atoms with van der Waals surface area (Å²) in [6, 6.07) is 4.90. The number of carboxylic acids is 1. The minimum atomic E-state index is -0.950. The normalized spacial score (nSPS) is 11.9. The van der Waals surface area contributed by atoms with Gasteiger partial charge in [-0.05, 0) is 19.1 Å². The molecule has 0 fully saturated rings. The fourth-order valence-corrected chi connectivity index (χ4v) is 2.02. The van der Waals surface area contributed by atoms with Crippen LogP contribution < -0.4 is 5.32 Å². The zero-order valence-corrected chi connectivity index (χ0v) is 11.8. The lowest BCUT2D eigenvalue weighted by Gasteiger charge is -2.09. The molecule has 1 amide bonds. The van der Waals surface area contributed by atoms with E-state index in [-0.39, 0.29) is 16.7 Å². The zero-order chi connectivity index (χ0) is 13.7. The van der Waals surface area contributed by atoms with Gasteiger partial charge >= 0.3 is 5.97 Å². The number of rotatable bonds is 5. The molecule has 0 aliphatic heterocycles. The number of thioether (sulfide) groups is 1. The Labute approximate surface area is 119 Å². The highest BCUT2D eigenvalue weighted by Gasteiger charge is 2.14. The van der Waals surface area contributed by atoms with Gasteiger partial charge in [0.15, 0.2) is 0 Å². The Kier molecular flexibility index (Phi) is 5.78. The number of benzene rings is 1. The maximum Gasteiger partial charge on any atom is 0.316 e. The smallest absolute Gasteiger partial charge is 0.316 e. The second-order valence-electron chi connectivity index (χ2n) is 3.44. The van der Waals surface area contributed by atoms with Crippen molar-refractivity contribution in [3.05, 3.63) is 28.2 Å². The van der Waals surface area contributed by atoms with Gasteiger partial charge in [0.1, 0.15) is 0 Å². The van der Waals surface area contributed by atoms with Crippen LogP contribution in [0.15, 0.2) is 18.2 Å². The number of aliphatic carboxylic acids is 1. The lowest BCUT2D eigenvalue weighted by molar-refractivity contribution is -0.136. The van der Waals surface area contributed by atoms with Gasteiger partial charge in [-0.1, -0.05) is 29.3 Å². The summed E-state index contributed by atoms with van der Waals surface area (Å²) >= 11 is 12.7. The van der Waals surface area contributed by atoms with E-state index in [1.807, 2.05) is 0 Å². The number of carbonyl (C=O) groups is 2. The molecule has 0 aromatic heterocycles. The molecule has 1 aromatic rings. The molecule has 7 heteroatoms. The van der Waals surface area contributed by atoms with Gasteiger partial charge in [-0.15, -0.1) is 11.8 Å². The number of carboxylic acid groups (broad SMARTS) is 1. The molecule has 0 saturated carbocycles. The summed E-state index contributed by atoms with van der Waals surface area (Å²) in [7, 11) is 0. The molecular formula is C11H11Cl2NO3S. The Morgan fingerprint density at radius 1 is 1.44 bits per heavy atom. The summed E-state index contributed by atoms with van der Waals surface area (Å²) in [5.74, 6) is -1.23. The van der Waals surface area contributed by atoms with E-state index in [0.29, 0.717) is 10.7 Å². The lowest BCUT2D eigenvalue weighted by atomic mass is 10.3. The third kappa shape index (κ3) is 4.40. The van der Waals surface area contributed by atoms with Gasteiger partial charge in [0, 0.05) is 0 Å². The van der Waals surface area contributed by atoms with Gasteiger partial charge in [-0.3, -0.25) is 9.59 Å². The van der Waals surface area contributed by atoms with Crippen molar-refractivity contribution in [1.82, 2.24) is 0 Å². The Hall–Kier alpha value is -0.910. The number of amides is 1. The van der Waals surface area contributed by atoms with Crippen molar-refractivity contribution in [1.29, 1.82) is 0 Å². The number of hydrogen-bond donors (Lipinski definition) is 2. The van der Waals surface area contributed by atoms with Crippen LogP contribution in [0.1, 0.15) is 6.92 Å². The minimum absolute atomic E-state index is 0.0380. The van der Waals surface area contributed by atoms with Crippen molar-refractivity contribution in [2.45, 2.75) is 12.2 Å². The van der Waals surface area contributed by atoms with Crippen LogP contribution in [-0.4, -0.2) is 28.0 Å². The Balaban J connectivity index is 2.55. The van der Waals surface area contributed by atoms with E-state index < -0.39 is 11.2 Å². The summed E-state index contributed by atoms with van der Waals surface area (Å²) in [6.07, 6.45) is 0.